The first-order valence-corrected chi connectivity index (χ1v) is 10.6. The van der Waals surface area contributed by atoms with Gasteiger partial charge >= 0.3 is 5.69 Å². The number of imidazole rings is 1. The Morgan fingerprint density at radius 1 is 1.39 bits per heavy atom. The highest BCUT2D eigenvalue weighted by Crippen LogP contribution is 2.30. The van der Waals surface area contributed by atoms with Crippen molar-refractivity contribution in [3.63, 3.8) is 0 Å². The summed E-state index contributed by atoms with van der Waals surface area (Å²) < 4.78 is 2.82. The third kappa shape index (κ3) is 3.95. The Kier molecular flexibility index (Phi) is 5.12. The highest BCUT2D eigenvalue weighted by atomic mass is 35.5. The fourth-order valence-corrected chi connectivity index (χ4v) is 3.68. The maximum absolute atomic E-state index is 12.0. The lowest BCUT2D eigenvalue weighted by Gasteiger charge is -2.12. The summed E-state index contributed by atoms with van der Waals surface area (Å²) in [5.41, 5.74) is 1.82. The van der Waals surface area contributed by atoms with Gasteiger partial charge in [0.05, 0.1) is 39.2 Å². The van der Waals surface area contributed by atoms with Crippen LogP contribution in [-0.2, 0) is 6.73 Å². The smallest absolute Gasteiger partial charge is 0.328 e. The van der Waals surface area contributed by atoms with Crippen molar-refractivity contribution in [1.82, 2.24) is 24.1 Å². The number of aliphatic hydroxyl groups excluding tert-OH is 1. The molecule has 1 aliphatic carbocycles. The Balaban J connectivity index is 1.63. The van der Waals surface area contributed by atoms with Gasteiger partial charge in [-0.3, -0.25) is 4.57 Å². The van der Waals surface area contributed by atoms with Crippen molar-refractivity contribution in [2.75, 3.05) is 10.6 Å². The van der Waals surface area contributed by atoms with Crippen molar-refractivity contribution in [2.24, 2.45) is 0 Å². The van der Waals surface area contributed by atoms with Gasteiger partial charge in [0.2, 0.25) is 0 Å². The number of rotatable bonds is 6. The van der Waals surface area contributed by atoms with Crippen molar-refractivity contribution in [3.05, 3.63) is 67.8 Å². The van der Waals surface area contributed by atoms with Gasteiger partial charge in [0.15, 0.2) is 5.65 Å². The van der Waals surface area contributed by atoms with Crippen molar-refractivity contribution in [3.8, 4) is 6.07 Å². The first-order valence-electron chi connectivity index (χ1n) is 10.2. The van der Waals surface area contributed by atoms with Gasteiger partial charge in [-0.25, -0.2) is 9.78 Å². The zero-order valence-corrected chi connectivity index (χ0v) is 18.1. The van der Waals surface area contributed by atoms with E-state index in [9.17, 15) is 9.90 Å². The lowest BCUT2D eigenvalue weighted by Crippen LogP contribution is -2.30. The van der Waals surface area contributed by atoms with Crippen LogP contribution in [0.4, 0.5) is 17.3 Å². The molecule has 5 rings (SSSR count). The minimum atomic E-state index is -0.468. The molecule has 3 heterocycles. The van der Waals surface area contributed by atoms with Crippen LogP contribution in [0.15, 0.2) is 35.3 Å². The molecule has 11 heteroatoms. The Labute approximate surface area is 192 Å². The zero-order chi connectivity index (χ0) is 23.1. The number of aromatic amines is 1. The average Bonchev–Trinajstić information content (AvgIpc) is 3.46. The predicted octanol–water partition coefficient (Wildman–Crippen LogP) is 1.25. The Bertz CT molecular complexity index is 1590. The molecule has 0 bridgehead atoms. The van der Waals surface area contributed by atoms with E-state index in [1.807, 2.05) is 6.07 Å². The predicted molar refractivity (Wildman–Crippen MR) is 125 cm³/mol. The number of fused-ring (bicyclic) bond motifs is 1. The monoisotopic (exact) mass is 462 g/mol. The fourth-order valence-electron chi connectivity index (χ4n) is 3.46. The van der Waals surface area contributed by atoms with Crippen LogP contribution in [0.1, 0.15) is 24.0 Å². The number of hydrogen-bond acceptors (Lipinski definition) is 7. The van der Waals surface area contributed by atoms with Crippen LogP contribution in [0, 0.1) is 11.3 Å². The molecule has 0 unspecified atom stereocenters. The molecule has 4 aromatic rings. The van der Waals surface area contributed by atoms with Crippen molar-refractivity contribution >= 4 is 47.2 Å². The van der Waals surface area contributed by atoms with Gasteiger partial charge in [0.25, 0.3) is 0 Å². The van der Waals surface area contributed by atoms with Gasteiger partial charge in [-0.1, -0.05) is 18.2 Å². The fraction of sp³-hybridized carbons (Fsp3) is 0.182. The minimum Gasteiger partial charge on any atom is -0.376 e. The van der Waals surface area contributed by atoms with Gasteiger partial charge in [-0.15, -0.1) is 0 Å². The molecule has 10 nitrogen and oxygen atoms in total. The molecule has 1 fully saturated rings. The average molecular weight is 463 g/mol. The number of benzene rings is 1. The molecule has 4 N–H and O–H groups in total. The summed E-state index contributed by atoms with van der Waals surface area (Å²) in [5.74, 6) is 1.29. The second-order valence-electron chi connectivity index (χ2n) is 7.72. The molecule has 0 atom stereocenters. The molecule has 0 radical (unpaired) electrons. The number of anilines is 3. The molecule has 33 heavy (non-hydrogen) atoms. The number of nitrogens with one attached hydrogen (secondary N) is 3. The molecule has 1 aromatic carbocycles. The van der Waals surface area contributed by atoms with E-state index in [1.54, 1.807) is 35.0 Å². The summed E-state index contributed by atoms with van der Waals surface area (Å²) in [6.45, 7) is 3.40. The summed E-state index contributed by atoms with van der Waals surface area (Å²) in [6.07, 6.45) is 5.52. The Morgan fingerprint density at radius 3 is 2.88 bits per heavy atom. The number of halogens is 1. The summed E-state index contributed by atoms with van der Waals surface area (Å²) in [4.78, 5) is 19.4. The van der Waals surface area contributed by atoms with Crippen LogP contribution in [0.3, 0.4) is 0 Å². The normalized spacial score (nSPS) is 13.9. The standard InChI is InChI=1S/C22H19ClN8O2/c1-12-18(28-22(33)30(12)11-32)7-14-10-25-31-20(26-15-3-4-15)8-19(29-21(14)31)27-17-5-2-13(9-24)6-16(17)23/h2,5-8,10,15,26,32H,1,3-4,11H2,(H,27,29)(H,28,33)/b18-7-. The second kappa shape index (κ2) is 8.12. The molecule has 0 amide bonds. The lowest BCUT2D eigenvalue weighted by molar-refractivity contribution is 0.203. The van der Waals surface area contributed by atoms with E-state index in [1.165, 1.54) is 0 Å². The number of nitriles is 1. The number of hydrogen-bond donors (Lipinski definition) is 4. The van der Waals surface area contributed by atoms with Gasteiger partial charge in [-0.2, -0.15) is 14.9 Å². The van der Waals surface area contributed by atoms with Crippen molar-refractivity contribution < 1.29 is 5.11 Å². The maximum Gasteiger partial charge on any atom is 0.328 e. The highest BCUT2D eigenvalue weighted by molar-refractivity contribution is 6.33. The number of aliphatic hydroxyl groups is 1. The molecular formula is C22H19ClN8O2. The minimum absolute atomic E-state index is 0.358. The first-order chi connectivity index (χ1) is 16.0. The third-order valence-electron chi connectivity index (χ3n) is 5.35. The second-order valence-corrected chi connectivity index (χ2v) is 8.12. The van der Waals surface area contributed by atoms with Gasteiger partial charge in [0, 0.05) is 17.7 Å². The van der Waals surface area contributed by atoms with Crippen LogP contribution in [-0.4, -0.2) is 35.3 Å². The van der Waals surface area contributed by atoms with E-state index in [-0.39, 0.29) is 0 Å². The van der Waals surface area contributed by atoms with Crippen LogP contribution in [0.2, 0.25) is 5.02 Å². The van der Waals surface area contributed by atoms with E-state index in [4.69, 9.17) is 21.8 Å². The summed E-state index contributed by atoms with van der Waals surface area (Å²) >= 11 is 6.33. The van der Waals surface area contributed by atoms with E-state index in [0.29, 0.717) is 50.0 Å². The van der Waals surface area contributed by atoms with E-state index < -0.39 is 12.4 Å². The van der Waals surface area contributed by atoms with Crippen molar-refractivity contribution in [2.45, 2.75) is 25.6 Å². The summed E-state index contributed by atoms with van der Waals surface area (Å²) in [6, 6.07) is 9.26. The third-order valence-corrected chi connectivity index (χ3v) is 5.67. The zero-order valence-electron chi connectivity index (χ0n) is 17.3. The van der Waals surface area contributed by atoms with Crippen LogP contribution in [0.25, 0.3) is 18.3 Å². The number of aromatic nitrogens is 5. The molecule has 3 aromatic heterocycles. The van der Waals surface area contributed by atoms with Crippen LogP contribution < -0.4 is 27.0 Å². The van der Waals surface area contributed by atoms with Gasteiger partial charge in [-0.05, 0) is 37.1 Å². The van der Waals surface area contributed by atoms with E-state index in [2.05, 4.69) is 33.4 Å². The molecule has 0 spiro atoms. The summed E-state index contributed by atoms with van der Waals surface area (Å²) in [5, 5.41) is 30.8. The Morgan fingerprint density at radius 2 is 2.21 bits per heavy atom. The highest BCUT2D eigenvalue weighted by Gasteiger charge is 2.23. The largest absolute Gasteiger partial charge is 0.376 e. The molecule has 166 valence electrons. The van der Waals surface area contributed by atoms with Gasteiger partial charge < -0.3 is 20.7 Å². The quantitative estimate of drug-likeness (QED) is 0.338. The molecule has 0 saturated heterocycles. The first kappa shape index (κ1) is 20.8. The van der Waals surface area contributed by atoms with E-state index in [0.717, 1.165) is 23.2 Å². The number of nitrogens with zero attached hydrogens (tertiary/aromatic N) is 5. The molecule has 1 aliphatic rings. The summed E-state index contributed by atoms with van der Waals surface area (Å²) in [7, 11) is 0. The molecular weight excluding hydrogens is 444 g/mol. The SMILES string of the molecule is C=c1/c(=C/c2cnn3c(NC4CC4)cc(Nc4ccc(C#N)cc4Cl)nc23)[nH]c(=O)n1CO. The van der Waals surface area contributed by atoms with E-state index >= 15 is 0 Å². The number of H-pyrrole nitrogens is 1. The molecule has 0 aliphatic heterocycles. The van der Waals surface area contributed by atoms with Crippen LogP contribution in [0.5, 0.6) is 0 Å². The van der Waals surface area contributed by atoms with Crippen molar-refractivity contribution in [1.29, 1.82) is 5.26 Å². The molecule has 1 saturated carbocycles. The van der Waals surface area contributed by atoms with Crippen LogP contribution >= 0.6 is 11.6 Å². The lowest BCUT2D eigenvalue weighted by atomic mass is 10.2. The maximum atomic E-state index is 12.0. The Hall–Kier alpha value is -4.07. The topological polar surface area (TPSA) is 136 Å². The van der Waals surface area contributed by atoms with Gasteiger partial charge in [0.1, 0.15) is 18.4 Å².